The first-order valence-corrected chi connectivity index (χ1v) is 7.20. The number of aliphatic hydroxyl groups is 1. The van der Waals surface area contributed by atoms with Crippen LogP contribution in [0.4, 0.5) is 0 Å². The van der Waals surface area contributed by atoms with Crippen molar-refractivity contribution in [2.45, 2.75) is 65.9 Å². The standard InChI is InChI=1S/C17H28O/c1-7-13(6)17(18)15-9-8-14(11(2)3)10-16(15)12(4)5/h8-13,17-18H,7H2,1-6H3. The summed E-state index contributed by atoms with van der Waals surface area (Å²) in [6.45, 7) is 13.1. The van der Waals surface area contributed by atoms with Gasteiger partial charge in [0.25, 0.3) is 0 Å². The molecule has 1 aromatic carbocycles. The van der Waals surface area contributed by atoms with Crippen LogP contribution < -0.4 is 0 Å². The van der Waals surface area contributed by atoms with Crippen LogP contribution in [0.25, 0.3) is 0 Å². The topological polar surface area (TPSA) is 20.2 Å². The van der Waals surface area contributed by atoms with Crippen molar-refractivity contribution in [2.24, 2.45) is 5.92 Å². The fourth-order valence-electron chi connectivity index (χ4n) is 2.25. The van der Waals surface area contributed by atoms with E-state index in [9.17, 15) is 5.11 Å². The Morgan fingerprint density at radius 1 is 0.944 bits per heavy atom. The number of benzene rings is 1. The minimum absolute atomic E-state index is 0.312. The Hall–Kier alpha value is -0.820. The lowest BCUT2D eigenvalue weighted by Crippen LogP contribution is -2.12. The Kier molecular flexibility index (Phi) is 5.40. The Labute approximate surface area is 112 Å². The molecule has 1 aromatic rings. The first-order valence-electron chi connectivity index (χ1n) is 7.20. The molecule has 1 N–H and O–H groups in total. The van der Waals surface area contributed by atoms with Gasteiger partial charge in [0.1, 0.15) is 0 Å². The normalized spacial score (nSPS) is 15.2. The van der Waals surface area contributed by atoms with Gasteiger partial charge in [0, 0.05) is 0 Å². The zero-order chi connectivity index (χ0) is 13.9. The molecular weight excluding hydrogens is 220 g/mol. The van der Waals surface area contributed by atoms with Crippen molar-refractivity contribution in [1.82, 2.24) is 0 Å². The molecule has 2 atom stereocenters. The van der Waals surface area contributed by atoms with Crippen molar-refractivity contribution < 1.29 is 5.11 Å². The second-order valence-electron chi connectivity index (χ2n) is 6.03. The summed E-state index contributed by atoms with van der Waals surface area (Å²) in [4.78, 5) is 0. The van der Waals surface area contributed by atoms with E-state index in [0.717, 1.165) is 12.0 Å². The third-order valence-electron chi connectivity index (χ3n) is 3.90. The number of rotatable bonds is 5. The van der Waals surface area contributed by atoms with Crippen molar-refractivity contribution in [3.8, 4) is 0 Å². The van der Waals surface area contributed by atoms with Crippen LogP contribution in [-0.4, -0.2) is 5.11 Å². The van der Waals surface area contributed by atoms with Gasteiger partial charge in [-0.1, -0.05) is 66.2 Å². The Morgan fingerprint density at radius 3 is 2.00 bits per heavy atom. The van der Waals surface area contributed by atoms with Gasteiger partial charge < -0.3 is 5.11 Å². The highest BCUT2D eigenvalue weighted by atomic mass is 16.3. The lowest BCUT2D eigenvalue weighted by atomic mass is 9.85. The molecule has 0 amide bonds. The molecule has 0 bridgehead atoms. The van der Waals surface area contributed by atoms with Gasteiger partial charge in [-0.3, -0.25) is 0 Å². The van der Waals surface area contributed by atoms with E-state index in [1.165, 1.54) is 11.1 Å². The van der Waals surface area contributed by atoms with Gasteiger partial charge in [-0.15, -0.1) is 0 Å². The molecule has 0 saturated heterocycles. The zero-order valence-corrected chi connectivity index (χ0v) is 12.7. The van der Waals surface area contributed by atoms with Gasteiger partial charge in [0.15, 0.2) is 0 Å². The zero-order valence-electron chi connectivity index (χ0n) is 12.7. The van der Waals surface area contributed by atoms with Crippen molar-refractivity contribution >= 4 is 0 Å². The predicted octanol–water partition coefficient (Wildman–Crippen LogP) is 5.01. The summed E-state index contributed by atoms with van der Waals surface area (Å²) in [7, 11) is 0. The first kappa shape index (κ1) is 15.2. The molecule has 0 aliphatic rings. The van der Waals surface area contributed by atoms with Crippen molar-refractivity contribution in [3.63, 3.8) is 0 Å². The lowest BCUT2D eigenvalue weighted by molar-refractivity contribution is 0.114. The molecule has 1 heteroatoms. The minimum Gasteiger partial charge on any atom is -0.388 e. The molecular formula is C17H28O. The maximum Gasteiger partial charge on any atom is 0.0818 e. The molecule has 1 nitrogen and oxygen atoms in total. The molecule has 0 aromatic heterocycles. The largest absolute Gasteiger partial charge is 0.388 e. The number of hydrogen-bond acceptors (Lipinski definition) is 1. The van der Waals surface area contributed by atoms with Crippen molar-refractivity contribution in [3.05, 3.63) is 34.9 Å². The average molecular weight is 248 g/mol. The molecule has 102 valence electrons. The maximum absolute atomic E-state index is 10.4. The van der Waals surface area contributed by atoms with E-state index in [4.69, 9.17) is 0 Å². The molecule has 2 unspecified atom stereocenters. The molecule has 18 heavy (non-hydrogen) atoms. The molecule has 0 heterocycles. The molecule has 0 spiro atoms. The minimum atomic E-state index is -0.339. The quantitative estimate of drug-likeness (QED) is 0.776. The predicted molar refractivity (Wildman–Crippen MR) is 79.0 cm³/mol. The highest BCUT2D eigenvalue weighted by molar-refractivity contribution is 5.37. The Bertz CT molecular complexity index is 379. The van der Waals surface area contributed by atoms with E-state index < -0.39 is 0 Å². The van der Waals surface area contributed by atoms with Crippen LogP contribution in [-0.2, 0) is 0 Å². The van der Waals surface area contributed by atoms with Crippen LogP contribution in [0.5, 0.6) is 0 Å². The molecule has 1 rings (SSSR count). The monoisotopic (exact) mass is 248 g/mol. The molecule has 0 fully saturated rings. The van der Waals surface area contributed by atoms with Gasteiger partial charge in [-0.05, 0) is 34.4 Å². The Morgan fingerprint density at radius 2 is 1.56 bits per heavy atom. The van der Waals surface area contributed by atoms with Crippen LogP contribution in [0.2, 0.25) is 0 Å². The summed E-state index contributed by atoms with van der Waals surface area (Å²) in [5, 5.41) is 10.4. The second kappa shape index (κ2) is 6.38. The van der Waals surface area contributed by atoms with Crippen LogP contribution >= 0.6 is 0 Å². The summed E-state index contributed by atoms with van der Waals surface area (Å²) in [5.41, 5.74) is 3.77. The van der Waals surface area contributed by atoms with Crippen LogP contribution in [0.1, 0.15) is 82.6 Å². The van der Waals surface area contributed by atoms with Crippen molar-refractivity contribution in [1.29, 1.82) is 0 Å². The number of hydrogen-bond donors (Lipinski definition) is 1. The highest BCUT2D eigenvalue weighted by Crippen LogP contribution is 2.32. The third-order valence-corrected chi connectivity index (χ3v) is 3.90. The van der Waals surface area contributed by atoms with Gasteiger partial charge in [-0.25, -0.2) is 0 Å². The first-order chi connectivity index (χ1) is 8.38. The SMILES string of the molecule is CCC(C)C(O)c1ccc(C(C)C)cc1C(C)C. The fraction of sp³-hybridized carbons (Fsp3) is 0.647. The average Bonchev–Trinajstić information content (AvgIpc) is 2.35. The smallest absolute Gasteiger partial charge is 0.0818 e. The van der Waals surface area contributed by atoms with Crippen LogP contribution in [0.15, 0.2) is 18.2 Å². The van der Waals surface area contributed by atoms with E-state index >= 15 is 0 Å². The maximum atomic E-state index is 10.4. The van der Waals surface area contributed by atoms with Crippen LogP contribution in [0.3, 0.4) is 0 Å². The second-order valence-corrected chi connectivity index (χ2v) is 6.03. The van der Waals surface area contributed by atoms with E-state index in [-0.39, 0.29) is 6.10 Å². The molecule has 0 saturated carbocycles. The highest BCUT2D eigenvalue weighted by Gasteiger charge is 2.20. The van der Waals surface area contributed by atoms with Gasteiger partial charge >= 0.3 is 0 Å². The summed E-state index contributed by atoms with van der Waals surface area (Å²) >= 11 is 0. The van der Waals surface area contributed by atoms with E-state index in [2.05, 4.69) is 59.7 Å². The number of aliphatic hydroxyl groups excluding tert-OH is 1. The van der Waals surface area contributed by atoms with Gasteiger partial charge in [0.2, 0.25) is 0 Å². The van der Waals surface area contributed by atoms with Gasteiger partial charge in [0.05, 0.1) is 6.10 Å². The summed E-state index contributed by atoms with van der Waals surface area (Å²) in [6, 6.07) is 6.56. The molecule has 0 aliphatic heterocycles. The fourth-order valence-corrected chi connectivity index (χ4v) is 2.25. The van der Waals surface area contributed by atoms with Gasteiger partial charge in [-0.2, -0.15) is 0 Å². The van der Waals surface area contributed by atoms with E-state index in [1.807, 2.05) is 0 Å². The summed E-state index contributed by atoms with van der Waals surface area (Å²) in [6.07, 6.45) is 0.665. The Balaban J connectivity index is 3.19. The van der Waals surface area contributed by atoms with E-state index in [1.54, 1.807) is 0 Å². The lowest BCUT2D eigenvalue weighted by Gasteiger charge is -2.23. The van der Waals surface area contributed by atoms with Crippen LogP contribution in [0, 0.1) is 5.92 Å². The van der Waals surface area contributed by atoms with Crippen molar-refractivity contribution in [2.75, 3.05) is 0 Å². The summed E-state index contributed by atoms with van der Waals surface area (Å²) in [5.74, 6) is 1.31. The summed E-state index contributed by atoms with van der Waals surface area (Å²) < 4.78 is 0. The van der Waals surface area contributed by atoms with E-state index in [0.29, 0.717) is 17.8 Å². The molecule has 0 radical (unpaired) electrons. The molecule has 0 aliphatic carbocycles. The third kappa shape index (κ3) is 3.35.